The lowest BCUT2D eigenvalue weighted by atomic mass is 10.1. The molecule has 0 fully saturated rings. The van der Waals surface area contributed by atoms with Gasteiger partial charge < -0.3 is 10.1 Å². The third-order valence-corrected chi connectivity index (χ3v) is 3.19. The van der Waals surface area contributed by atoms with Crippen molar-refractivity contribution in [3.8, 4) is 5.75 Å². The number of benzene rings is 1. The zero-order chi connectivity index (χ0) is 14.3. The van der Waals surface area contributed by atoms with Crippen LogP contribution in [0.15, 0.2) is 24.3 Å². The molecule has 0 aliphatic carbocycles. The number of hydrogen-bond donors (Lipinski definition) is 1. The van der Waals surface area contributed by atoms with E-state index in [-0.39, 0.29) is 11.9 Å². The van der Waals surface area contributed by atoms with Gasteiger partial charge in [-0.25, -0.2) is 0 Å². The second-order valence-electron chi connectivity index (χ2n) is 4.64. The Kier molecular flexibility index (Phi) is 6.71. The van der Waals surface area contributed by atoms with Crippen LogP contribution in [0.5, 0.6) is 5.75 Å². The number of nitrogens with one attached hydrogen (secondary N) is 1. The lowest BCUT2D eigenvalue weighted by Gasteiger charge is -2.20. The van der Waals surface area contributed by atoms with E-state index in [0.717, 1.165) is 12.8 Å². The van der Waals surface area contributed by atoms with Gasteiger partial charge in [-0.1, -0.05) is 44.0 Å². The van der Waals surface area contributed by atoms with Crippen molar-refractivity contribution < 1.29 is 9.53 Å². The highest BCUT2D eigenvalue weighted by Crippen LogP contribution is 2.24. The Morgan fingerprint density at radius 3 is 2.63 bits per heavy atom. The number of carbonyl (C=O) groups is 1. The van der Waals surface area contributed by atoms with Crippen LogP contribution in [0.4, 0.5) is 0 Å². The van der Waals surface area contributed by atoms with Gasteiger partial charge in [0.05, 0.1) is 5.02 Å². The molecule has 0 radical (unpaired) electrons. The normalized spacial score (nSPS) is 13.7. The minimum absolute atomic E-state index is 0.0802. The van der Waals surface area contributed by atoms with Gasteiger partial charge in [-0.3, -0.25) is 4.79 Å². The zero-order valence-electron chi connectivity index (χ0n) is 11.8. The van der Waals surface area contributed by atoms with Gasteiger partial charge in [0.2, 0.25) is 0 Å². The topological polar surface area (TPSA) is 38.3 Å². The highest BCUT2D eigenvalue weighted by molar-refractivity contribution is 6.32. The van der Waals surface area contributed by atoms with Crippen molar-refractivity contribution >= 4 is 17.5 Å². The third-order valence-electron chi connectivity index (χ3n) is 2.88. The van der Waals surface area contributed by atoms with E-state index in [9.17, 15) is 4.79 Å². The van der Waals surface area contributed by atoms with Crippen LogP contribution in [0.2, 0.25) is 5.02 Å². The lowest BCUT2D eigenvalue weighted by molar-refractivity contribution is -0.128. The molecule has 1 amide bonds. The molecule has 3 nitrogen and oxygen atoms in total. The Labute approximate surface area is 120 Å². The van der Waals surface area contributed by atoms with Gasteiger partial charge >= 0.3 is 0 Å². The highest BCUT2D eigenvalue weighted by Gasteiger charge is 2.20. The third kappa shape index (κ3) is 5.11. The second-order valence-corrected chi connectivity index (χ2v) is 5.05. The zero-order valence-corrected chi connectivity index (χ0v) is 12.5. The number of amides is 1. The minimum Gasteiger partial charge on any atom is -0.479 e. The first-order valence-electron chi connectivity index (χ1n) is 6.80. The average Bonchev–Trinajstić information content (AvgIpc) is 2.37. The van der Waals surface area contributed by atoms with Crippen molar-refractivity contribution in [2.24, 2.45) is 0 Å². The van der Waals surface area contributed by atoms with Gasteiger partial charge in [-0.05, 0) is 31.9 Å². The summed E-state index contributed by atoms with van der Waals surface area (Å²) >= 11 is 6.03. The quantitative estimate of drug-likeness (QED) is 0.826. The maximum Gasteiger partial charge on any atom is 0.261 e. The molecule has 0 aliphatic rings. The van der Waals surface area contributed by atoms with Crippen molar-refractivity contribution in [1.29, 1.82) is 0 Å². The summed E-state index contributed by atoms with van der Waals surface area (Å²) in [5.41, 5.74) is 0. The summed E-state index contributed by atoms with van der Waals surface area (Å²) < 4.78 is 5.69. The first-order valence-corrected chi connectivity index (χ1v) is 7.17. The molecule has 1 aromatic rings. The molecule has 0 unspecified atom stereocenters. The smallest absolute Gasteiger partial charge is 0.261 e. The molecule has 0 bridgehead atoms. The van der Waals surface area contributed by atoms with Crippen molar-refractivity contribution in [1.82, 2.24) is 5.32 Å². The van der Waals surface area contributed by atoms with Gasteiger partial charge in [0.1, 0.15) is 5.75 Å². The largest absolute Gasteiger partial charge is 0.479 e. The average molecular weight is 284 g/mol. The lowest BCUT2D eigenvalue weighted by Crippen LogP contribution is -2.42. The van der Waals surface area contributed by atoms with E-state index in [4.69, 9.17) is 16.3 Å². The first-order chi connectivity index (χ1) is 9.08. The van der Waals surface area contributed by atoms with Gasteiger partial charge in [0.15, 0.2) is 6.10 Å². The molecule has 4 heteroatoms. The van der Waals surface area contributed by atoms with Gasteiger partial charge in [0.25, 0.3) is 5.91 Å². The molecular weight excluding hydrogens is 262 g/mol. The molecule has 1 aromatic carbocycles. The maximum atomic E-state index is 12.1. The summed E-state index contributed by atoms with van der Waals surface area (Å²) in [5.74, 6) is 0.470. The number of para-hydroxylation sites is 1. The molecule has 0 spiro atoms. The predicted molar refractivity (Wildman–Crippen MR) is 78.7 cm³/mol. The molecule has 0 saturated heterocycles. The fourth-order valence-electron chi connectivity index (χ4n) is 1.86. The monoisotopic (exact) mass is 283 g/mol. The van der Waals surface area contributed by atoms with Crippen LogP contribution in [-0.4, -0.2) is 18.1 Å². The summed E-state index contributed by atoms with van der Waals surface area (Å²) in [5, 5.41) is 3.49. The Bertz CT molecular complexity index is 409. The number of hydrogen-bond acceptors (Lipinski definition) is 2. The highest BCUT2D eigenvalue weighted by atomic mass is 35.5. The maximum absolute atomic E-state index is 12.1. The summed E-state index contributed by atoms with van der Waals surface area (Å²) in [4.78, 5) is 12.1. The number of carbonyl (C=O) groups excluding carboxylic acids is 1. The van der Waals surface area contributed by atoms with Crippen LogP contribution in [-0.2, 0) is 4.79 Å². The summed E-state index contributed by atoms with van der Waals surface area (Å²) in [6.45, 7) is 6.02. The molecule has 106 valence electrons. The van der Waals surface area contributed by atoms with Crippen LogP contribution in [0.1, 0.15) is 40.0 Å². The van der Waals surface area contributed by atoms with Gasteiger partial charge in [-0.2, -0.15) is 0 Å². The predicted octanol–water partition coefficient (Wildman–Crippen LogP) is 3.80. The summed E-state index contributed by atoms with van der Waals surface area (Å²) in [7, 11) is 0. The van der Waals surface area contributed by atoms with Crippen molar-refractivity contribution in [2.75, 3.05) is 0 Å². The van der Waals surface area contributed by atoms with E-state index in [1.165, 1.54) is 0 Å². The Morgan fingerprint density at radius 1 is 1.37 bits per heavy atom. The van der Waals surface area contributed by atoms with Crippen LogP contribution in [0, 0.1) is 0 Å². The number of ether oxygens (including phenoxy) is 1. The Hall–Kier alpha value is -1.22. The Balaban J connectivity index is 2.63. The Morgan fingerprint density at radius 2 is 2.05 bits per heavy atom. The van der Waals surface area contributed by atoms with Crippen LogP contribution in [0.3, 0.4) is 0 Å². The van der Waals surface area contributed by atoms with E-state index in [2.05, 4.69) is 12.2 Å². The standard InChI is InChI=1S/C15H22ClNO2/c1-4-8-11(3)17-15(18)13(5-2)19-14-10-7-6-9-12(14)16/h6-7,9-11,13H,4-5,8H2,1-3H3,(H,17,18)/t11-,13+/m0/s1. The van der Waals surface area contributed by atoms with E-state index < -0.39 is 6.10 Å². The minimum atomic E-state index is -0.501. The van der Waals surface area contributed by atoms with E-state index in [0.29, 0.717) is 17.2 Å². The van der Waals surface area contributed by atoms with Gasteiger partial charge in [0, 0.05) is 6.04 Å². The van der Waals surface area contributed by atoms with Crippen molar-refractivity contribution in [3.05, 3.63) is 29.3 Å². The number of halogens is 1. The van der Waals surface area contributed by atoms with Crippen LogP contribution >= 0.6 is 11.6 Å². The van der Waals surface area contributed by atoms with E-state index >= 15 is 0 Å². The van der Waals surface area contributed by atoms with Crippen molar-refractivity contribution in [3.63, 3.8) is 0 Å². The fraction of sp³-hybridized carbons (Fsp3) is 0.533. The number of rotatable bonds is 7. The molecule has 2 atom stereocenters. The molecule has 1 rings (SSSR count). The van der Waals surface area contributed by atoms with Crippen LogP contribution < -0.4 is 10.1 Å². The van der Waals surface area contributed by atoms with Crippen molar-refractivity contribution in [2.45, 2.75) is 52.2 Å². The fourth-order valence-corrected chi connectivity index (χ4v) is 2.04. The molecule has 0 aromatic heterocycles. The SMILES string of the molecule is CCC[C@H](C)NC(=O)[C@@H](CC)Oc1ccccc1Cl. The van der Waals surface area contributed by atoms with Crippen LogP contribution in [0.25, 0.3) is 0 Å². The summed E-state index contributed by atoms with van der Waals surface area (Å²) in [6, 6.07) is 7.36. The van der Waals surface area contributed by atoms with E-state index in [1.54, 1.807) is 12.1 Å². The molecule has 1 N–H and O–H groups in total. The molecule has 0 heterocycles. The van der Waals surface area contributed by atoms with Gasteiger partial charge in [-0.15, -0.1) is 0 Å². The van der Waals surface area contributed by atoms with E-state index in [1.807, 2.05) is 26.0 Å². The molecule has 0 aliphatic heterocycles. The first kappa shape index (κ1) is 15.8. The summed E-state index contributed by atoms with van der Waals surface area (Å²) in [6.07, 6.45) is 2.12. The second kappa shape index (κ2) is 8.05. The molecular formula is C15H22ClNO2. The molecule has 0 saturated carbocycles. The molecule has 19 heavy (non-hydrogen) atoms.